The SMILES string of the molecule is CCOC(=O)c1ccc(Nc2cc(Nc3ccc(F)c(F)c3)nc(C)n2)cc1. The molecule has 6 nitrogen and oxygen atoms in total. The molecule has 0 amide bonds. The normalized spacial score (nSPS) is 10.4. The van der Waals surface area contributed by atoms with Crippen LogP contribution in [-0.2, 0) is 4.74 Å². The van der Waals surface area contributed by atoms with E-state index in [1.807, 2.05) is 0 Å². The van der Waals surface area contributed by atoms with Crippen molar-refractivity contribution >= 4 is 29.0 Å². The number of carbonyl (C=O) groups is 1. The maximum absolute atomic E-state index is 13.4. The van der Waals surface area contributed by atoms with E-state index >= 15 is 0 Å². The summed E-state index contributed by atoms with van der Waals surface area (Å²) in [4.78, 5) is 20.2. The Morgan fingerprint density at radius 2 is 1.54 bits per heavy atom. The van der Waals surface area contributed by atoms with E-state index in [4.69, 9.17) is 4.74 Å². The van der Waals surface area contributed by atoms with Crippen LogP contribution in [0.3, 0.4) is 0 Å². The topological polar surface area (TPSA) is 76.1 Å². The van der Waals surface area contributed by atoms with Crippen molar-refractivity contribution in [1.29, 1.82) is 0 Å². The van der Waals surface area contributed by atoms with Gasteiger partial charge in [0.2, 0.25) is 0 Å². The number of hydrogen-bond acceptors (Lipinski definition) is 6. The van der Waals surface area contributed by atoms with Gasteiger partial charge >= 0.3 is 5.97 Å². The predicted molar refractivity (Wildman–Crippen MR) is 102 cm³/mol. The van der Waals surface area contributed by atoms with E-state index in [-0.39, 0.29) is 5.97 Å². The van der Waals surface area contributed by atoms with Gasteiger partial charge in [-0.25, -0.2) is 23.5 Å². The number of esters is 1. The second-order valence-electron chi connectivity index (χ2n) is 5.86. The maximum Gasteiger partial charge on any atom is 0.338 e. The summed E-state index contributed by atoms with van der Waals surface area (Å²) in [5, 5.41) is 6.03. The fourth-order valence-electron chi connectivity index (χ4n) is 2.47. The fraction of sp³-hybridized carbons (Fsp3) is 0.150. The van der Waals surface area contributed by atoms with Crippen LogP contribution in [-0.4, -0.2) is 22.5 Å². The van der Waals surface area contributed by atoms with Crippen LogP contribution in [0.5, 0.6) is 0 Å². The van der Waals surface area contributed by atoms with Gasteiger partial charge in [0.25, 0.3) is 0 Å². The largest absolute Gasteiger partial charge is 0.462 e. The molecule has 3 rings (SSSR count). The first-order valence-electron chi connectivity index (χ1n) is 8.56. The van der Waals surface area contributed by atoms with Crippen molar-refractivity contribution in [3.05, 3.63) is 71.6 Å². The minimum absolute atomic E-state index is 0.312. The molecule has 0 saturated carbocycles. The number of nitrogens with one attached hydrogen (secondary N) is 2. The van der Waals surface area contributed by atoms with Crippen molar-refractivity contribution in [3.63, 3.8) is 0 Å². The molecule has 1 heterocycles. The third-order valence-electron chi connectivity index (χ3n) is 3.70. The van der Waals surface area contributed by atoms with Crippen LogP contribution >= 0.6 is 0 Å². The smallest absolute Gasteiger partial charge is 0.338 e. The molecule has 0 aliphatic heterocycles. The second kappa shape index (κ2) is 8.43. The molecule has 3 aromatic rings. The van der Waals surface area contributed by atoms with Crippen LogP contribution in [0.4, 0.5) is 31.8 Å². The van der Waals surface area contributed by atoms with E-state index in [0.29, 0.717) is 41.0 Å². The molecule has 0 bridgehead atoms. The van der Waals surface area contributed by atoms with Crippen molar-refractivity contribution in [1.82, 2.24) is 9.97 Å². The molecule has 0 atom stereocenters. The van der Waals surface area contributed by atoms with Gasteiger partial charge < -0.3 is 15.4 Å². The summed E-state index contributed by atoms with van der Waals surface area (Å²) >= 11 is 0. The van der Waals surface area contributed by atoms with Gasteiger partial charge in [-0.3, -0.25) is 0 Å². The van der Waals surface area contributed by atoms with Gasteiger partial charge in [0.15, 0.2) is 11.6 Å². The summed E-state index contributed by atoms with van der Waals surface area (Å²) in [6.07, 6.45) is 0. The standard InChI is InChI=1S/C20H18F2N4O2/c1-3-28-20(27)13-4-6-14(7-5-13)25-18-11-19(24-12(2)23-18)26-15-8-9-16(21)17(22)10-15/h4-11H,3H2,1-2H3,(H2,23,24,25,26). The predicted octanol–water partition coefficient (Wildman–Crippen LogP) is 4.73. The molecule has 28 heavy (non-hydrogen) atoms. The van der Waals surface area contributed by atoms with Crippen LogP contribution in [0.15, 0.2) is 48.5 Å². The van der Waals surface area contributed by atoms with Gasteiger partial charge in [-0.2, -0.15) is 0 Å². The summed E-state index contributed by atoms with van der Waals surface area (Å²) in [7, 11) is 0. The molecule has 144 valence electrons. The number of ether oxygens (including phenoxy) is 1. The zero-order valence-corrected chi connectivity index (χ0v) is 15.3. The summed E-state index contributed by atoms with van der Waals surface area (Å²) < 4.78 is 31.4. The molecule has 8 heteroatoms. The number of hydrogen-bond donors (Lipinski definition) is 2. The highest BCUT2D eigenvalue weighted by molar-refractivity contribution is 5.89. The molecule has 0 unspecified atom stereocenters. The fourth-order valence-corrected chi connectivity index (χ4v) is 2.47. The number of rotatable bonds is 6. The van der Waals surface area contributed by atoms with Gasteiger partial charge in [0.05, 0.1) is 12.2 Å². The Labute approximate surface area is 160 Å². The minimum atomic E-state index is -0.948. The Kier molecular flexibility index (Phi) is 5.78. The average Bonchev–Trinajstić information content (AvgIpc) is 2.65. The van der Waals surface area contributed by atoms with Gasteiger partial charge in [-0.05, 0) is 50.2 Å². The molecule has 0 fully saturated rings. The first-order valence-corrected chi connectivity index (χ1v) is 8.56. The number of nitrogens with zero attached hydrogens (tertiary/aromatic N) is 2. The van der Waals surface area contributed by atoms with Crippen LogP contribution in [0.2, 0.25) is 0 Å². The average molecular weight is 384 g/mol. The van der Waals surface area contributed by atoms with E-state index in [9.17, 15) is 13.6 Å². The van der Waals surface area contributed by atoms with Gasteiger partial charge in [-0.1, -0.05) is 0 Å². The van der Waals surface area contributed by atoms with Gasteiger partial charge in [-0.15, -0.1) is 0 Å². The summed E-state index contributed by atoms with van der Waals surface area (Å²) in [5.74, 6) is -0.845. The Bertz CT molecular complexity index is 994. The Hall–Kier alpha value is -3.55. The highest BCUT2D eigenvalue weighted by atomic mass is 19.2. The Morgan fingerprint density at radius 3 is 2.14 bits per heavy atom. The molecule has 0 aliphatic rings. The van der Waals surface area contributed by atoms with Crippen molar-refractivity contribution in [3.8, 4) is 0 Å². The molecule has 2 N–H and O–H groups in total. The molecule has 1 aromatic heterocycles. The quantitative estimate of drug-likeness (QED) is 0.599. The molecule has 0 radical (unpaired) electrons. The zero-order chi connectivity index (χ0) is 20.1. The van der Waals surface area contributed by atoms with Crippen LogP contribution in [0, 0.1) is 18.6 Å². The van der Waals surface area contributed by atoms with Crippen molar-refractivity contribution < 1.29 is 18.3 Å². The molecule has 2 aromatic carbocycles. The van der Waals surface area contributed by atoms with Gasteiger partial charge in [0.1, 0.15) is 17.5 Å². The highest BCUT2D eigenvalue weighted by Crippen LogP contribution is 2.22. The van der Waals surface area contributed by atoms with E-state index in [1.165, 1.54) is 6.07 Å². The van der Waals surface area contributed by atoms with E-state index in [2.05, 4.69) is 20.6 Å². The Morgan fingerprint density at radius 1 is 0.929 bits per heavy atom. The number of aromatic nitrogens is 2. The first kappa shape index (κ1) is 19.2. The van der Waals surface area contributed by atoms with Crippen LogP contribution in [0.25, 0.3) is 0 Å². The minimum Gasteiger partial charge on any atom is -0.462 e. The first-order chi connectivity index (χ1) is 13.4. The van der Waals surface area contributed by atoms with Crippen molar-refractivity contribution in [2.24, 2.45) is 0 Å². The summed E-state index contributed by atoms with van der Waals surface area (Å²) in [6.45, 7) is 3.77. The van der Waals surface area contributed by atoms with Crippen LogP contribution in [0.1, 0.15) is 23.1 Å². The third kappa shape index (κ3) is 4.79. The number of benzene rings is 2. The lowest BCUT2D eigenvalue weighted by molar-refractivity contribution is 0.0526. The highest BCUT2D eigenvalue weighted by Gasteiger charge is 2.08. The zero-order valence-electron chi connectivity index (χ0n) is 15.3. The maximum atomic E-state index is 13.4. The summed E-state index contributed by atoms with van der Waals surface area (Å²) in [5.41, 5.74) is 1.53. The number of halogens is 2. The lowest BCUT2D eigenvalue weighted by Gasteiger charge is -2.11. The summed E-state index contributed by atoms with van der Waals surface area (Å²) in [6, 6.07) is 11.9. The number of carbonyl (C=O) groups excluding carboxylic acids is 1. The molecular weight excluding hydrogens is 366 g/mol. The second-order valence-corrected chi connectivity index (χ2v) is 5.86. The van der Waals surface area contributed by atoms with E-state index in [1.54, 1.807) is 44.2 Å². The lowest BCUT2D eigenvalue weighted by Crippen LogP contribution is -2.05. The monoisotopic (exact) mass is 384 g/mol. The van der Waals surface area contributed by atoms with Crippen molar-refractivity contribution in [2.45, 2.75) is 13.8 Å². The lowest BCUT2D eigenvalue weighted by atomic mass is 10.2. The number of anilines is 4. The van der Waals surface area contributed by atoms with Crippen LogP contribution < -0.4 is 10.6 Å². The van der Waals surface area contributed by atoms with Gasteiger partial charge in [0, 0.05) is 23.5 Å². The molecule has 0 spiro atoms. The molecule has 0 aliphatic carbocycles. The molecule has 0 saturated heterocycles. The van der Waals surface area contributed by atoms with Crippen molar-refractivity contribution in [2.75, 3.05) is 17.2 Å². The molecular formula is C20H18F2N4O2. The van der Waals surface area contributed by atoms with E-state index in [0.717, 1.165) is 12.1 Å². The number of aryl methyl sites for hydroxylation is 1. The van der Waals surface area contributed by atoms with E-state index < -0.39 is 11.6 Å². The Balaban J connectivity index is 1.76. The third-order valence-corrected chi connectivity index (χ3v) is 3.70.